The molecule has 0 aliphatic carbocycles. The quantitative estimate of drug-likeness (QED) is 0.635. The normalized spacial score (nSPS) is 12.6. The molecule has 0 spiro atoms. The zero-order valence-electron chi connectivity index (χ0n) is 17.4. The summed E-state index contributed by atoms with van der Waals surface area (Å²) < 4.78 is 29.4. The minimum atomic E-state index is -4.01. The van der Waals surface area contributed by atoms with Crippen molar-refractivity contribution in [2.45, 2.75) is 64.4 Å². The Hall–Kier alpha value is -2.68. The Morgan fingerprint density at radius 2 is 1.41 bits per heavy atom. The van der Waals surface area contributed by atoms with Crippen molar-refractivity contribution in [3.63, 3.8) is 0 Å². The zero-order valence-corrected chi connectivity index (χ0v) is 18.3. The van der Waals surface area contributed by atoms with E-state index in [1.807, 2.05) is 13.8 Å². The van der Waals surface area contributed by atoms with Crippen molar-refractivity contribution in [3.05, 3.63) is 56.9 Å². The van der Waals surface area contributed by atoms with Gasteiger partial charge in [-0.25, -0.2) is 4.79 Å². The van der Waals surface area contributed by atoms with Gasteiger partial charge in [0.05, 0.1) is 11.1 Å². The lowest BCUT2D eigenvalue weighted by molar-refractivity contribution is 0.486. The first kappa shape index (κ1) is 21.0. The second-order valence-electron chi connectivity index (χ2n) is 7.98. The average molecular weight is 419 g/mol. The molecule has 8 nitrogen and oxygen atoms in total. The van der Waals surface area contributed by atoms with Gasteiger partial charge < -0.3 is 0 Å². The van der Waals surface area contributed by atoms with Gasteiger partial charge in [0.1, 0.15) is 5.39 Å². The van der Waals surface area contributed by atoms with Crippen LogP contribution in [0.25, 0.3) is 11.0 Å². The fourth-order valence-electron chi connectivity index (χ4n) is 3.27. The first-order valence-electron chi connectivity index (χ1n) is 9.58. The lowest BCUT2D eigenvalue weighted by Crippen LogP contribution is -2.41. The van der Waals surface area contributed by atoms with Crippen LogP contribution in [0, 0.1) is 0 Å². The van der Waals surface area contributed by atoms with Gasteiger partial charge in [0, 0.05) is 12.1 Å². The zero-order chi connectivity index (χ0) is 21.7. The molecule has 0 radical (unpaired) electrons. The van der Waals surface area contributed by atoms with E-state index in [9.17, 15) is 18.0 Å². The highest BCUT2D eigenvalue weighted by Gasteiger charge is 2.24. The van der Waals surface area contributed by atoms with Crippen LogP contribution in [0.2, 0.25) is 0 Å². The molecule has 2 aromatic heterocycles. The van der Waals surface area contributed by atoms with E-state index in [1.54, 1.807) is 39.8 Å². The van der Waals surface area contributed by atoms with Crippen molar-refractivity contribution in [2.24, 2.45) is 0 Å². The summed E-state index contributed by atoms with van der Waals surface area (Å²) in [6, 6.07) is 5.91. The molecule has 0 saturated heterocycles. The van der Waals surface area contributed by atoms with Crippen LogP contribution in [0.4, 0.5) is 0 Å². The summed E-state index contributed by atoms with van der Waals surface area (Å²) in [5.41, 5.74) is 0.0299. The lowest BCUT2D eigenvalue weighted by Gasteiger charge is -2.15. The van der Waals surface area contributed by atoms with E-state index in [-0.39, 0.29) is 33.9 Å². The average Bonchev–Trinajstić information content (AvgIpc) is 3.07. The fraction of sp³-hybridized carbons (Fsp3) is 0.450. The summed E-state index contributed by atoms with van der Waals surface area (Å²) in [6.07, 6.45) is 1.19. The smallest absolute Gasteiger partial charge is 0.273 e. The molecule has 9 heteroatoms. The molecule has 156 valence electrons. The topological polar surface area (TPSA) is 96.0 Å². The van der Waals surface area contributed by atoms with Crippen LogP contribution in [0.3, 0.4) is 0 Å². The predicted octanol–water partition coefficient (Wildman–Crippen LogP) is 2.88. The van der Waals surface area contributed by atoms with Crippen LogP contribution in [0.15, 0.2) is 44.9 Å². The number of fused-ring (bicyclic) bond motifs is 1. The second-order valence-corrected chi connectivity index (χ2v) is 9.78. The van der Waals surface area contributed by atoms with Gasteiger partial charge in [0.15, 0.2) is 5.65 Å². The third kappa shape index (κ3) is 3.43. The van der Waals surface area contributed by atoms with Crippen LogP contribution in [0.5, 0.6) is 0 Å². The third-order valence-electron chi connectivity index (χ3n) is 4.89. The molecule has 0 saturated carbocycles. The molecule has 0 amide bonds. The third-order valence-corrected chi connectivity index (χ3v) is 6.43. The maximum Gasteiger partial charge on any atom is 0.333 e. The Kier molecular flexibility index (Phi) is 5.29. The van der Waals surface area contributed by atoms with E-state index < -0.39 is 21.3 Å². The number of aromatic nitrogens is 4. The van der Waals surface area contributed by atoms with Gasteiger partial charge in [-0.05, 0) is 51.3 Å². The summed E-state index contributed by atoms with van der Waals surface area (Å²) in [5, 5.41) is 4.23. The molecule has 0 aliphatic heterocycles. The monoisotopic (exact) mass is 418 g/mol. The Morgan fingerprint density at radius 3 is 1.90 bits per heavy atom. The molecule has 0 fully saturated rings. The highest BCUT2D eigenvalue weighted by atomic mass is 32.2. The van der Waals surface area contributed by atoms with Crippen molar-refractivity contribution in [3.8, 4) is 0 Å². The van der Waals surface area contributed by atoms with Crippen LogP contribution in [-0.4, -0.2) is 26.7 Å². The van der Waals surface area contributed by atoms with Gasteiger partial charge in [0.2, 0.25) is 0 Å². The van der Waals surface area contributed by atoms with E-state index in [2.05, 4.69) is 5.10 Å². The van der Waals surface area contributed by atoms with Gasteiger partial charge in [-0.15, -0.1) is 5.10 Å². The molecule has 0 atom stereocenters. The van der Waals surface area contributed by atoms with Crippen molar-refractivity contribution in [2.75, 3.05) is 0 Å². The standard InChI is InChI=1S/C20H26N4O4S/c1-12(2)15-7-9-16(10-8-15)29(27,28)22-11-17-18(21-22)23(13(3)4)20(26)24(14(5)6)19(17)25/h7-14H,1-6H3. The summed E-state index contributed by atoms with van der Waals surface area (Å²) in [6.45, 7) is 11.1. The summed E-state index contributed by atoms with van der Waals surface area (Å²) in [7, 11) is -4.01. The van der Waals surface area contributed by atoms with E-state index >= 15 is 0 Å². The molecule has 0 unspecified atom stereocenters. The number of nitrogens with zero attached hydrogens (tertiary/aromatic N) is 4. The molecule has 2 heterocycles. The molecule has 1 aromatic carbocycles. The van der Waals surface area contributed by atoms with Gasteiger partial charge in [-0.1, -0.05) is 26.0 Å². The first-order chi connectivity index (χ1) is 13.5. The number of benzene rings is 1. The molecule has 0 aliphatic rings. The Labute approximate surface area is 169 Å². The highest BCUT2D eigenvalue weighted by molar-refractivity contribution is 7.89. The van der Waals surface area contributed by atoms with Crippen LogP contribution >= 0.6 is 0 Å². The van der Waals surface area contributed by atoms with Crippen molar-refractivity contribution >= 4 is 21.1 Å². The van der Waals surface area contributed by atoms with Gasteiger partial charge in [-0.3, -0.25) is 13.9 Å². The minimum Gasteiger partial charge on any atom is -0.273 e. The van der Waals surface area contributed by atoms with Crippen LogP contribution < -0.4 is 11.2 Å². The van der Waals surface area contributed by atoms with Gasteiger partial charge in [0.25, 0.3) is 15.6 Å². The van der Waals surface area contributed by atoms with Crippen LogP contribution in [-0.2, 0) is 10.0 Å². The Balaban J connectivity index is 2.29. The largest absolute Gasteiger partial charge is 0.333 e. The molecule has 0 bridgehead atoms. The van der Waals surface area contributed by atoms with E-state index in [4.69, 9.17) is 0 Å². The van der Waals surface area contributed by atoms with Crippen LogP contribution in [0.1, 0.15) is 65.1 Å². The maximum atomic E-state index is 13.1. The van der Waals surface area contributed by atoms with Crippen molar-refractivity contribution in [1.29, 1.82) is 0 Å². The number of rotatable bonds is 5. The fourth-order valence-corrected chi connectivity index (χ4v) is 4.40. The summed E-state index contributed by atoms with van der Waals surface area (Å²) >= 11 is 0. The molecular formula is C20H26N4O4S. The van der Waals surface area contributed by atoms with Crippen molar-refractivity contribution < 1.29 is 8.42 Å². The molecule has 3 aromatic rings. The SMILES string of the molecule is CC(C)c1ccc(S(=O)(=O)n2cc3c(=O)n(C(C)C)c(=O)n(C(C)C)c3n2)cc1. The van der Waals surface area contributed by atoms with Gasteiger partial charge >= 0.3 is 5.69 Å². The molecule has 0 N–H and O–H groups in total. The van der Waals surface area contributed by atoms with Crippen molar-refractivity contribution in [1.82, 2.24) is 18.3 Å². The summed E-state index contributed by atoms with van der Waals surface area (Å²) in [5.74, 6) is 0.272. The molecular weight excluding hydrogens is 392 g/mol. The number of hydrogen-bond donors (Lipinski definition) is 0. The molecule has 3 rings (SSSR count). The Bertz CT molecular complexity index is 1280. The second kappa shape index (κ2) is 7.29. The number of hydrogen-bond acceptors (Lipinski definition) is 5. The lowest BCUT2D eigenvalue weighted by atomic mass is 10.0. The Morgan fingerprint density at radius 1 is 0.862 bits per heavy atom. The maximum absolute atomic E-state index is 13.1. The predicted molar refractivity (Wildman–Crippen MR) is 112 cm³/mol. The van der Waals surface area contributed by atoms with E-state index in [1.165, 1.54) is 22.9 Å². The molecule has 29 heavy (non-hydrogen) atoms. The van der Waals surface area contributed by atoms with E-state index in [0.717, 1.165) is 14.2 Å². The highest BCUT2D eigenvalue weighted by Crippen LogP contribution is 2.21. The van der Waals surface area contributed by atoms with Gasteiger partial charge in [-0.2, -0.15) is 12.5 Å². The first-order valence-corrected chi connectivity index (χ1v) is 11.0. The van der Waals surface area contributed by atoms with E-state index in [0.29, 0.717) is 0 Å². The summed E-state index contributed by atoms with van der Waals surface area (Å²) in [4.78, 5) is 25.8. The minimum absolute atomic E-state index is 0.0641.